The molecule has 1 amide bonds. The molecule has 3 rings (SSSR count). The highest BCUT2D eigenvalue weighted by Crippen LogP contribution is 2.23. The number of hydrogen-bond acceptors (Lipinski definition) is 3. The highest BCUT2D eigenvalue weighted by atomic mass is 32.2. The van der Waals surface area contributed by atoms with Crippen LogP contribution in [0.1, 0.15) is 55.1 Å². The van der Waals surface area contributed by atoms with Crippen molar-refractivity contribution in [2.75, 3.05) is 6.54 Å². The van der Waals surface area contributed by atoms with Crippen LogP contribution in [0, 0.1) is 0 Å². The van der Waals surface area contributed by atoms with Crippen molar-refractivity contribution < 1.29 is 13.2 Å². The van der Waals surface area contributed by atoms with E-state index in [1.807, 2.05) is 0 Å². The molecule has 2 aromatic rings. The lowest BCUT2D eigenvalue weighted by molar-refractivity contribution is 0.0954. The second-order valence-electron chi connectivity index (χ2n) is 8.37. The molecule has 0 aliphatic heterocycles. The summed E-state index contributed by atoms with van der Waals surface area (Å²) in [5.41, 5.74) is 3.03. The minimum atomic E-state index is -3.49. The summed E-state index contributed by atoms with van der Waals surface area (Å²) >= 11 is 0. The van der Waals surface area contributed by atoms with Gasteiger partial charge in [0.25, 0.3) is 5.91 Å². The number of amides is 1. The lowest BCUT2D eigenvalue weighted by atomic mass is 9.86. The van der Waals surface area contributed by atoms with Gasteiger partial charge in [0.15, 0.2) is 0 Å². The summed E-state index contributed by atoms with van der Waals surface area (Å²) in [7, 11) is -3.49. The van der Waals surface area contributed by atoms with Gasteiger partial charge in [0.1, 0.15) is 0 Å². The molecule has 0 unspecified atom stereocenters. The lowest BCUT2D eigenvalue weighted by Gasteiger charge is -2.19. The molecule has 1 saturated carbocycles. The standard InChI is InChI=1S/C22H28N2O3S/c1-22(2,3)18-8-4-16(5-9-18)14-15-23-21(25)17-6-12-20(13-7-17)28(26,27)24-19-10-11-19/h4-9,12-13,19,24H,10-11,14-15H2,1-3H3,(H,23,25). The smallest absolute Gasteiger partial charge is 0.251 e. The molecule has 6 heteroatoms. The summed E-state index contributed by atoms with van der Waals surface area (Å²) in [6, 6.07) is 14.6. The predicted octanol–water partition coefficient (Wildman–Crippen LogP) is 3.40. The zero-order valence-corrected chi connectivity index (χ0v) is 17.5. The molecule has 0 atom stereocenters. The van der Waals surface area contributed by atoms with E-state index in [1.54, 1.807) is 12.1 Å². The molecule has 150 valence electrons. The summed E-state index contributed by atoms with van der Waals surface area (Å²) in [6.45, 7) is 7.07. The molecule has 1 aliphatic carbocycles. The van der Waals surface area contributed by atoms with Crippen LogP contribution in [0.3, 0.4) is 0 Å². The normalized spacial score (nSPS) is 14.7. The summed E-state index contributed by atoms with van der Waals surface area (Å²) in [6.07, 6.45) is 2.52. The highest BCUT2D eigenvalue weighted by molar-refractivity contribution is 7.89. The summed E-state index contributed by atoms with van der Waals surface area (Å²) in [5.74, 6) is -0.203. The van der Waals surface area contributed by atoms with Crippen molar-refractivity contribution in [3.8, 4) is 0 Å². The molecule has 0 heterocycles. The quantitative estimate of drug-likeness (QED) is 0.748. The molecule has 0 radical (unpaired) electrons. The number of carbonyl (C=O) groups excluding carboxylic acids is 1. The van der Waals surface area contributed by atoms with Crippen molar-refractivity contribution in [2.24, 2.45) is 0 Å². The first-order valence-electron chi connectivity index (χ1n) is 9.65. The summed E-state index contributed by atoms with van der Waals surface area (Å²) < 4.78 is 27.0. The Hall–Kier alpha value is -2.18. The minimum Gasteiger partial charge on any atom is -0.352 e. The first-order chi connectivity index (χ1) is 13.1. The number of benzene rings is 2. The van der Waals surface area contributed by atoms with Crippen LogP contribution in [0.25, 0.3) is 0 Å². The van der Waals surface area contributed by atoms with Crippen molar-refractivity contribution in [1.82, 2.24) is 10.0 Å². The SMILES string of the molecule is CC(C)(C)c1ccc(CCNC(=O)c2ccc(S(=O)(=O)NC3CC3)cc2)cc1. The van der Waals surface area contributed by atoms with Gasteiger partial charge in [0.2, 0.25) is 10.0 Å². The molecule has 2 N–H and O–H groups in total. The zero-order chi connectivity index (χ0) is 20.4. The van der Waals surface area contributed by atoms with Gasteiger partial charge in [0, 0.05) is 18.2 Å². The average Bonchev–Trinajstić information content (AvgIpc) is 3.45. The Morgan fingerprint density at radius 3 is 2.14 bits per heavy atom. The van der Waals surface area contributed by atoms with Crippen molar-refractivity contribution in [3.05, 3.63) is 65.2 Å². The number of carbonyl (C=O) groups is 1. The van der Waals surface area contributed by atoms with Gasteiger partial charge in [-0.1, -0.05) is 45.0 Å². The van der Waals surface area contributed by atoms with E-state index < -0.39 is 10.0 Å². The topological polar surface area (TPSA) is 75.3 Å². The third-order valence-corrected chi connectivity index (χ3v) is 6.38. The van der Waals surface area contributed by atoms with E-state index >= 15 is 0 Å². The molecule has 0 spiro atoms. The van der Waals surface area contributed by atoms with Crippen LogP contribution in [0.15, 0.2) is 53.4 Å². The van der Waals surface area contributed by atoms with E-state index in [0.717, 1.165) is 19.3 Å². The van der Waals surface area contributed by atoms with Crippen LogP contribution in [-0.2, 0) is 21.9 Å². The number of nitrogens with one attached hydrogen (secondary N) is 2. The second-order valence-corrected chi connectivity index (χ2v) is 10.1. The van der Waals surface area contributed by atoms with E-state index in [1.165, 1.54) is 23.3 Å². The van der Waals surface area contributed by atoms with Crippen LogP contribution in [-0.4, -0.2) is 26.9 Å². The van der Waals surface area contributed by atoms with E-state index in [2.05, 4.69) is 55.1 Å². The van der Waals surface area contributed by atoms with Crippen molar-refractivity contribution >= 4 is 15.9 Å². The Labute approximate surface area is 167 Å². The second kappa shape index (κ2) is 8.05. The van der Waals surface area contributed by atoms with Gasteiger partial charge in [-0.2, -0.15) is 0 Å². The molecule has 0 bridgehead atoms. The van der Waals surface area contributed by atoms with Gasteiger partial charge in [-0.05, 0) is 60.1 Å². The van der Waals surface area contributed by atoms with E-state index in [-0.39, 0.29) is 22.3 Å². The Morgan fingerprint density at radius 2 is 1.61 bits per heavy atom. The fourth-order valence-electron chi connectivity index (χ4n) is 2.87. The van der Waals surface area contributed by atoms with Crippen molar-refractivity contribution in [1.29, 1.82) is 0 Å². The van der Waals surface area contributed by atoms with Crippen molar-refractivity contribution in [2.45, 2.75) is 56.4 Å². The Kier molecular flexibility index (Phi) is 5.91. The minimum absolute atomic E-state index is 0.0606. The van der Waals surface area contributed by atoms with Crippen molar-refractivity contribution in [3.63, 3.8) is 0 Å². The molecule has 0 saturated heterocycles. The van der Waals surface area contributed by atoms with Gasteiger partial charge in [-0.3, -0.25) is 4.79 Å². The van der Waals surface area contributed by atoms with Crippen LogP contribution in [0.5, 0.6) is 0 Å². The molecule has 1 aliphatic rings. The third kappa shape index (κ3) is 5.42. The number of hydrogen-bond donors (Lipinski definition) is 2. The fourth-order valence-corrected chi connectivity index (χ4v) is 4.17. The van der Waals surface area contributed by atoms with Gasteiger partial charge < -0.3 is 5.32 Å². The molecule has 2 aromatic carbocycles. The maximum absolute atomic E-state index is 12.3. The van der Waals surface area contributed by atoms with Crippen LogP contribution < -0.4 is 10.0 Å². The molecule has 5 nitrogen and oxygen atoms in total. The first kappa shape index (κ1) is 20.6. The molecular weight excluding hydrogens is 372 g/mol. The largest absolute Gasteiger partial charge is 0.352 e. The summed E-state index contributed by atoms with van der Waals surface area (Å²) in [5, 5.41) is 2.89. The fraction of sp³-hybridized carbons (Fsp3) is 0.409. The lowest BCUT2D eigenvalue weighted by Crippen LogP contribution is -2.27. The predicted molar refractivity (Wildman–Crippen MR) is 111 cm³/mol. The number of rotatable bonds is 7. The van der Waals surface area contributed by atoms with E-state index in [0.29, 0.717) is 12.1 Å². The van der Waals surface area contributed by atoms with E-state index in [9.17, 15) is 13.2 Å². The Morgan fingerprint density at radius 1 is 1.00 bits per heavy atom. The van der Waals surface area contributed by atoms with Gasteiger partial charge in [-0.25, -0.2) is 13.1 Å². The maximum Gasteiger partial charge on any atom is 0.251 e. The highest BCUT2D eigenvalue weighted by Gasteiger charge is 2.27. The monoisotopic (exact) mass is 400 g/mol. The first-order valence-corrected chi connectivity index (χ1v) is 11.1. The van der Waals surface area contributed by atoms with Crippen LogP contribution >= 0.6 is 0 Å². The molecule has 1 fully saturated rings. The van der Waals surface area contributed by atoms with E-state index in [4.69, 9.17) is 0 Å². The molecule has 28 heavy (non-hydrogen) atoms. The average molecular weight is 401 g/mol. The maximum atomic E-state index is 12.3. The molecule has 0 aromatic heterocycles. The third-order valence-electron chi connectivity index (χ3n) is 4.85. The molecular formula is C22H28N2O3S. The number of sulfonamides is 1. The van der Waals surface area contributed by atoms with Crippen LogP contribution in [0.4, 0.5) is 0 Å². The van der Waals surface area contributed by atoms with Gasteiger partial charge >= 0.3 is 0 Å². The summed E-state index contributed by atoms with van der Waals surface area (Å²) in [4.78, 5) is 12.5. The zero-order valence-electron chi connectivity index (χ0n) is 16.7. The Bertz CT molecular complexity index is 923. The van der Waals surface area contributed by atoms with Crippen LogP contribution in [0.2, 0.25) is 0 Å². The van der Waals surface area contributed by atoms with Gasteiger partial charge in [-0.15, -0.1) is 0 Å². The van der Waals surface area contributed by atoms with Gasteiger partial charge in [0.05, 0.1) is 4.90 Å². The Balaban J connectivity index is 1.52.